The van der Waals surface area contributed by atoms with Crippen molar-refractivity contribution in [2.24, 2.45) is 5.14 Å². The molecule has 2 heterocycles. The van der Waals surface area contributed by atoms with Gasteiger partial charge in [-0.2, -0.15) is 13.2 Å². The molecule has 0 unspecified atom stereocenters. The number of sulfonamides is 1. The zero-order valence-corrected chi connectivity index (χ0v) is 10.7. The van der Waals surface area contributed by atoms with Gasteiger partial charge in [0.25, 0.3) is 10.0 Å². The molecule has 0 radical (unpaired) electrons. The highest BCUT2D eigenvalue weighted by Gasteiger charge is 2.37. The number of nitrogens with zero attached hydrogens (tertiary/aromatic N) is 2. The molecule has 0 aliphatic carbocycles. The van der Waals surface area contributed by atoms with Gasteiger partial charge in [0.1, 0.15) is 0 Å². The molecule has 102 valence electrons. The minimum Gasteiger partial charge on any atom is -0.245 e. The molecular formula is C9H6F3N3O2S2. The van der Waals surface area contributed by atoms with E-state index >= 15 is 0 Å². The summed E-state index contributed by atoms with van der Waals surface area (Å²) < 4.78 is 61.5. The lowest BCUT2D eigenvalue weighted by Gasteiger charge is -2.13. The number of pyridine rings is 1. The normalized spacial score (nSPS) is 12.6. The molecule has 0 atom stereocenters. The first-order chi connectivity index (χ1) is 8.71. The Labute approximate surface area is 110 Å². The first-order valence-electron chi connectivity index (χ1n) is 4.69. The van der Waals surface area contributed by atoms with Crippen molar-refractivity contribution in [1.82, 2.24) is 9.97 Å². The maximum atomic E-state index is 12.9. The van der Waals surface area contributed by atoms with Gasteiger partial charge in [0.05, 0.1) is 22.3 Å². The number of thiazole rings is 1. The molecule has 5 nitrogen and oxygen atoms in total. The molecule has 10 heteroatoms. The lowest BCUT2D eigenvalue weighted by molar-refractivity contribution is -0.137. The fourth-order valence-electron chi connectivity index (χ4n) is 1.48. The number of halogens is 3. The standard InChI is InChI=1S/C9H6F3N3O2S2/c10-9(11,12)5-1-2-14-8(19(13,16)17)7(5)6-3-18-4-15-6/h1-4H,(H2,13,16,17). The Hall–Kier alpha value is -1.52. The van der Waals surface area contributed by atoms with Crippen molar-refractivity contribution in [3.8, 4) is 11.3 Å². The van der Waals surface area contributed by atoms with Crippen LogP contribution in [0.1, 0.15) is 5.56 Å². The highest BCUT2D eigenvalue weighted by atomic mass is 32.2. The van der Waals surface area contributed by atoms with Crippen LogP contribution < -0.4 is 5.14 Å². The predicted molar refractivity (Wildman–Crippen MR) is 61.7 cm³/mol. The van der Waals surface area contributed by atoms with Crippen molar-refractivity contribution in [2.45, 2.75) is 11.2 Å². The van der Waals surface area contributed by atoms with Gasteiger partial charge in [0, 0.05) is 11.6 Å². The number of hydrogen-bond donors (Lipinski definition) is 1. The fourth-order valence-corrected chi connectivity index (χ4v) is 2.73. The Morgan fingerprint density at radius 1 is 1.26 bits per heavy atom. The molecular weight excluding hydrogens is 303 g/mol. The van der Waals surface area contributed by atoms with E-state index in [0.29, 0.717) is 6.07 Å². The van der Waals surface area contributed by atoms with Gasteiger partial charge < -0.3 is 0 Å². The Morgan fingerprint density at radius 3 is 2.42 bits per heavy atom. The minimum atomic E-state index is -4.73. The Morgan fingerprint density at radius 2 is 1.95 bits per heavy atom. The molecule has 0 spiro atoms. The highest BCUT2D eigenvalue weighted by Crippen LogP contribution is 2.39. The summed E-state index contributed by atoms with van der Waals surface area (Å²) in [6.45, 7) is 0. The highest BCUT2D eigenvalue weighted by molar-refractivity contribution is 7.89. The van der Waals surface area contributed by atoms with Gasteiger partial charge in [0.2, 0.25) is 0 Å². The van der Waals surface area contributed by atoms with E-state index in [1.807, 2.05) is 0 Å². The quantitative estimate of drug-likeness (QED) is 0.917. The lowest BCUT2D eigenvalue weighted by Crippen LogP contribution is -2.18. The summed E-state index contributed by atoms with van der Waals surface area (Å²) in [6, 6.07) is 0.684. The van der Waals surface area contributed by atoms with Crippen LogP contribution in [0, 0.1) is 0 Å². The first kappa shape index (κ1) is 13.9. The second-order valence-electron chi connectivity index (χ2n) is 3.46. The minimum absolute atomic E-state index is 0.130. The molecule has 2 aromatic heterocycles. The molecule has 0 saturated heterocycles. The van der Waals surface area contributed by atoms with E-state index < -0.39 is 32.4 Å². The van der Waals surface area contributed by atoms with Gasteiger partial charge in [-0.25, -0.2) is 23.5 Å². The number of rotatable bonds is 2. The summed E-state index contributed by atoms with van der Waals surface area (Å²) in [5, 5.41) is 5.35. The number of alkyl halides is 3. The van der Waals surface area contributed by atoms with Gasteiger partial charge >= 0.3 is 6.18 Å². The van der Waals surface area contributed by atoms with Gasteiger partial charge in [0.15, 0.2) is 5.03 Å². The molecule has 2 N–H and O–H groups in total. The fraction of sp³-hybridized carbons (Fsp3) is 0.111. The number of nitrogens with two attached hydrogens (primary N) is 1. The molecule has 0 amide bonds. The van der Waals surface area contributed by atoms with Crippen molar-refractivity contribution in [1.29, 1.82) is 0 Å². The van der Waals surface area contributed by atoms with E-state index in [-0.39, 0.29) is 5.69 Å². The predicted octanol–water partition coefficient (Wildman–Crippen LogP) is 1.87. The maximum absolute atomic E-state index is 12.9. The number of primary sulfonamides is 1. The summed E-state index contributed by atoms with van der Waals surface area (Å²) in [5.74, 6) is 0. The largest absolute Gasteiger partial charge is 0.417 e. The molecule has 0 saturated carbocycles. The van der Waals surface area contributed by atoms with E-state index in [9.17, 15) is 21.6 Å². The molecule has 0 aliphatic rings. The van der Waals surface area contributed by atoms with E-state index in [1.54, 1.807) is 0 Å². The van der Waals surface area contributed by atoms with Crippen LogP contribution in [0.2, 0.25) is 0 Å². The van der Waals surface area contributed by atoms with Crippen LogP contribution in [0.5, 0.6) is 0 Å². The smallest absolute Gasteiger partial charge is 0.245 e. The van der Waals surface area contributed by atoms with Crippen molar-refractivity contribution in [2.75, 3.05) is 0 Å². The first-order valence-corrected chi connectivity index (χ1v) is 7.17. The third-order valence-electron chi connectivity index (χ3n) is 2.18. The summed E-state index contributed by atoms with van der Waals surface area (Å²) in [7, 11) is -4.39. The maximum Gasteiger partial charge on any atom is 0.417 e. The van der Waals surface area contributed by atoms with Crippen molar-refractivity contribution in [3.05, 3.63) is 28.7 Å². The van der Waals surface area contributed by atoms with Gasteiger partial charge in [-0.05, 0) is 6.07 Å². The van der Waals surface area contributed by atoms with Crippen LogP contribution in [0.3, 0.4) is 0 Å². The van der Waals surface area contributed by atoms with Crippen LogP contribution in [0.25, 0.3) is 11.3 Å². The monoisotopic (exact) mass is 309 g/mol. The second kappa shape index (κ2) is 4.54. The summed E-state index contributed by atoms with van der Waals surface area (Å²) in [6.07, 6.45) is -3.99. The van der Waals surface area contributed by atoms with Crippen LogP contribution >= 0.6 is 11.3 Å². The van der Waals surface area contributed by atoms with Crippen molar-refractivity contribution < 1.29 is 21.6 Å². The van der Waals surface area contributed by atoms with E-state index in [2.05, 4.69) is 9.97 Å². The lowest BCUT2D eigenvalue weighted by atomic mass is 10.1. The summed E-state index contributed by atoms with van der Waals surface area (Å²) in [4.78, 5) is 7.13. The topological polar surface area (TPSA) is 85.9 Å². The third kappa shape index (κ3) is 2.74. The molecule has 0 bridgehead atoms. The Bertz CT molecular complexity index is 696. The SMILES string of the molecule is NS(=O)(=O)c1nccc(C(F)(F)F)c1-c1cscn1. The Kier molecular flexibility index (Phi) is 3.32. The molecule has 0 fully saturated rings. The average molecular weight is 309 g/mol. The van der Waals surface area contributed by atoms with E-state index in [4.69, 9.17) is 5.14 Å². The summed E-state index contributed by atoms with van der Waals surface area (Å²) in [5.41, 5.74) is -0.610. The molecule has 19 heavy (non-hydrogen) atoms. The summed E-state index contributed by atoms with van der Waals surface area (Å²) >= 11 is 1.03. The zero-order chi connectivity index (χ0) is 14.3. The third-order valence-corrected chi connectivity index (χ3v) is 3.61. The van der Waals surface area contributed by atoms with Crippen LogP contribution in [0.4, 0.5) is 13.2 Å². The van der Waals surface area contributed by atoms with E-state index in [1.165, 1.54) is 10.9 Å². The number of hydrogen-bond acceptors (Lipinski definition) is 5. The van der Waals surface area contributed by atoms with Crippen molar-refractivity contribution in [3.63, 3.8) is 0 Å². The van der Waals surface area contributed by atoms with E-state index in [0.717, 1.165) is 17.5 Å². The molecule has 2 aromatic rings. The van der Waals surface area contributed by atoms with Crippen LogP contribution in [-0.2, 0) is 16.2 Å². The molecule has 0 aliphatic heterocycles. The average Bonchev–Trinajstić information content (AvgIpc) is 2.78. The van der Waals surface area contributed by atoms with Gasteiger partial charge in [-0.15, -0.1) is 11.3 Å². The van der Waals surface area contributed by atoms with Crippen molar-refractivity contribution >= 4 is 21.4 Å². The number of aromatic nitrogens is 2. The molecule has 2 rings (SSSR count). The van der Waals surface area contributed by atoms with Crippen LogP contribution in [-0.4, -0.2) is 18.4 Å². The van der Waals surface area contributed by atoms with Crippen LogP contribution in [0.15, 0.2) is 28.2 Å². The zero-order valence-electron chi connectivity index (χ0n) is 9.05. The van der Waals surface area contributed by atoms with Gasteiger partial charge in [-0.1, -0.05) is 0 Å². The molecule has 0 aromatic carbocycles. The van der Waals surface area contributed by atoms with Gasteiger partial charge in [-0.3, -0.25) is 0 Å². The second-order valence-corrected chi connectivity index (χ2v) is 5.65. The Balaban J connectivity index is 2.86.